The maximum atomic E-state index is 9.95. The van der Waals surface area contributed by atoms with Crippen LogP contribution < -0.4 is 0 Å². The van der Waals surface area contributed by atoms with E-state index in [0.29, 0.717) is 23.1 Å². The third-order valence-corrected chi connectivity index (χ3v) is 5.96. The van der Waals surface area contributed by atoms with Crippen molar-refractivity contribution in [2.75, 3.05) is 13.6 Å². The molecular weight excluding hydrogens is 246 g/mol. The molecule has 1 aromatic rings. The lowest BCUT2D eigenvalue weighted by Crippen LogP contribution is -2.57. The highest BCUT2D eigenvalue weighted by Crippen LogP contribution is 2.51. The number of likely N-dealkylation sites (N-methyl/N-ethyl adjacent to an activating group) is 1. The molecule has 110 valence electrons. The lowest BCUT2D eigenvalue weighted by Gasteiger charge is -2.55. The Labute approximate surface area is 122 Å². The first-order valence-electron chi connectivity index (χ1n) is 8.11. The van der Waals surface area contributed by atoms with Gasteiger partial charge in [-0.3, -0.25) is 0 Å². The summed E-state index contributed by atoms with van der Waals surface area (Å²) in [4.78, 5) is 2.55. The lowest BCUT2D eigenvalue weighted by molar-refractivity contribution is 0.0346. The fourth-order valence-corrected chi connectivity index (χ4v) is 4.64. The van der Waals surface area contributed by atoms with Gasteiger partial charge < -0.3 is 10.0 Å². The zero-order valence-electron chi connectivity index (χ0n) is 13.0. The summed E-state index contributed by atoms with van der Waals surface area (Å²) < 4.78 is 0. The van der Waals surface area contributed by atoms with Gasteiger partial charge in [-0.2, -0.15) is 0 Å². The predicted octanol–water partition coefficient (Wildman–Crippen LogP) is 3.72. The summed E-state index contributed by atoms with van der Waals surface area (Å²) in [5.74, 6) is 1.12. The first-order chi connectivity index (χ1) is 9.58. The molecule has 3 rings (SSSR count). The van der Waals surface area contributed by atoms with E-state index in [-0.39, 0.29) is 0 Å². The lowest BCUT2D eigenvalue weighted by atomic mass is 9.56. The number of phenolic OH excluding ortho intramolecular Hbond substituents is 1. The Morgan fingerprint density at radius 2 is 2.20 bits per heavy atom. The Morgan fingerprint density at radius 1 is 1.40 bits per heavy atom. The van der Waals surface area contributed by atoms with Gasteiger partial charge in [-0.05, 0) is 62.0 Å². The number of unbranched alkanes of at least 4 members (excludes halogenated alkanes) is 1. The van der Waals surface area contributed by atoms with Gasteiger partial charge in [0, 0.05) is 11.5 Å². The van der Waals surface area contributed by atoms with E-state index in [4.69, 9.17) is 0 Å². The van der Waals surface area contributed by atoms with Gasteiger partial charge in [-0.15, -0.1) is 0 Å². The van der Waals surface area contributed by atoms with Crippen molar-refractivity contribution in [2.24, 2.45) is 5.92 Å². The normalized spacial score (nSPS) is 33.0. The van der Waals surface area contributed by atoms with Crippen LogP contribution >= 0.6 is 0 Å². The number of hydrogen-bond acceptors (Lipinski definition) is 2. The summed E-state index contributed by atoms with van der Waals surface area (Å²) in [5, 5.41) is 9.95. The van der Waals surface area contributed by atoms with E-state index in [1.54, 1.807) is 0 Å². The van der Waals surface area contributed by atoms with Gasteiger partial charge in [-0.1, -0.05) is 32.8 Å². The Bertz CT molecular complexity index is 494. The van der Waals surface area contributed by atoms with E-state index < -0.39 is 0 Å². The number of benzene rings is 1. The topological polar surface area (TPSA) is 23.5 Å². The average molecular weight is 273 g/mol. The Hall–Kier alpha value is -1.02. The quantitative estimate of drug-likeness (QED) is 0.907. The Morgan fingerprint density at radius 3 is 2.95 bits per heavy atom. The standard InChI is InChI=1S/C18H27NO/c1-4-5-8-18-9-10-19(3)17(13(18)2)11-14-6-7-15(20)12-16(14)18/h6-7,12-13,17,20H,4-5,8-11H2,1-3H3. The average Bonchev–Trinajstić information content (AvgIpc) is 2.43. The molecule has 0 amide bonds. The molecule has 2 nitrogen and oxygen atoms in total. The molecule has 1 N–H and O–H groups in total. The minimum Gasteiger partial charge on any atom is -0.508 e. The zero-order chi connectivity index (χ0) is 14.3. The molecule has 1 saturated heterocycles. The number of fused-ring (bicyclic) bond motifs is 4. The van der Waals surface area contributed by atoms with Crippen molar-refractivity contribution in [3.05, 3.63) is 29.3 Å². The van der Waals surface area contributed by atoms with E-state index in [9.17, 15) is 5.11 Å². The highest BCUT2D eigenvalue weighted by molar-refractivity contribution is 5.44. The van der Waals surface area contributed by atoms with Crippen LogP contribution in [0.3, 0.4) is 0 Å². The van der Waals surface area contributed by atoms with Crippen molar-refractivity contribution in [3.8, 4) is 5.75 Å². The molecule has 0 saturated carbocycles. The molecular formula is C18H27NO. The van der Waals surface area contributed by atoms with Gasteiger partial charge in [0.2, 0.25) is 0 Å². The molecule has 3 atom stereocenters. The minimum absolute atomic E-state index is 0.291. The Balaban J connectivity index is 2.10. The van der Waals surface area contributed by atoms with Crippen LogP contribution in [0.2, 0.25) is 0 Å². The van der Waals surface area contributed by atoms with Crippen LogP contribution in [0.25, 0.3) is 0 Å². The van der Waals surface area contributed by atoms with Crippen LogP contribution in [0.1, 0.15) is 50.7 Å². The van der Waals surface area contributed by atoms with E-state index >= 15 is 0 Å². The van der Waals surface area contributed by atoms with Gasteiger partial charge in [0.05, 0.1) is 0 Å². The minimum atomic E-state index is 0.291. The first kappa shape index (κ1) is 13.9. The zero-order valence-corrected chi connectivity index (χ0v) is 13.0. The molecule has 1 fully saturated rings. The van der Waals surface area contributed by atoms with Crippen LogP contribution in [0.5, 0.6) is 5.75 Å². The van der Waals surface area contributed by atoms with E-state index in [0.717, 1.165) is 6.42 Å². The summed E-state index contributed by atoms with van der Waals surface area (Å²) in [6, 6.07) is 6.74. The smallest absolute Gasteiger partial charge is 0.115 e. The molecule has 0 spiro atoms. The van der Waals surface area contributed by atoms with Crippen LogP contribution in [0, 0.1) is 5.92 Å². The second kappa shape index (κ2) is 5.07. The molecule has 1 aliphatic heterocycles. The van der Waals surface area contributed by atoms with Gasteiger partial charge >= 0.3 is 0 Å². The SMILES string of the molecule is CCCCC12CCN(C)C(Cc3ccc(O)cc31)C2C. The summed E-state index contributed by atoms with van der Waals surface area (Å²) in [6.07, 6.45) is 6.18. The highest BCUT2D eigenvalue weighted by atomic mass is 16.3. The van der Waals surface area contributed by atoms with Crippen molar-refractivity contribution in [1.29, 1.82) is 0 Å². The van der Waals surface area contributed by atoms with Crippen molar-refractivity contribution >= 4 is 0 Å². The molecule has 3 unspecified atom stereocenters. The van der Waals surface area contributed by atoms with Gasteiger partial charge in [0.1, 0.15) is 5.75 Å². The second-order valence-corrected chi connectivity index (χ2v) is 6.89. The van der Waals surface area contributed by atoms with Crippen molar-refractivity contribution in [3.63, 3.8) is 0 Å². The summed E-state index contributed by atoms with van der Waals surface area (Å²) >= 11 is 0. The van der Waals surface area contributed by atoms with Crippen LogP contribution in [-0.2, 0) is 11.8 Å². The molecule has 0 radical (unpaired) electrons. The number of aromatic hydroxyl groups is 1. The molecule has 2 bridgehead atoms. The molecule has 1 aliphatic carbocycles. The highest BCUT2D eigenvalue weighted by Gasteiger charge is 2.49. The largest absolute Gasteiger partial charge is 0.508 e. The third kappa shape index (κ3) is 1.96. The molecule has 1 heterocycles. The molecule has 2 aliphatic rings. The summed E-state index contributed by atoms with van der Waals surface area (Å²) in [7, 11) is 2.27. The maximum Gasteiger partial charge on any atom is 0.115 e. The number of likely N-dealkylation sites (tertiary alicyclic amines) is 1. The van der Waals surface area contributed by atoms with Crippen LogP contribution in [0.15, 0.2) is 18.2 Å². The summed E-state index contributed by atoms with van der Waals surface area (Å²) in [5.41, 5.74) is 3.20. The number of hydrogen-bond donors (Lipinski definition) is 1. The van der Waals surface area contributed by atoms with E-state index in [1.807, 2.05) is 6.07 Å². The molecule has 20 heavy (non-hydrogen) atoms. The Kier molecular flexibility index (Phi) is 3.53. The molecule has 2 heteroatoms. The first-order valence-corrected chi connectivity index (χ1v) is 8.11. The van der Waals surface area contributed by atoms with Gasteiger partial charge in [-0.25, -0.2) is 0 Å². The second-order valence-electron chi connectivity index (χ2n) is 6.89. The summed E-state index contributed by atoms with van der Waals surface area (Å²) in [6.45, 7) is 5.90. The number of piperidine rings is 1. The number of phenols is 1. The fraction of sp³-hybridized carbons (Fsp3) is 0.667. The van der Waals surface area contributed by atoms with Crippen molar-refractivity contribution in [1.82, 2.24) is 4.90 Å². The fourth-order valence-electron chi connectivity index (χ4n) is 4.64. The monoisotopic (exact) mass is 273 g/mol. The predicted molar refractivity (Wildman–Crippen MR) is 83.2 cm³/mol. The van der Waals surface area contributed by atoms with Crippen LogP contribution in [0.4, 0.5) is 0 Å². The third-order valence-electron chi connectivity index (χ3n) is 5.96. The number of rotatable bonds is 3. The maximum absolute atomic E-state index is 9.95. The van der Waals surface area contributed by atoms with E-state index in [1.165, 1.54) is 43.4 Å². The van der Waals surface area contributed by atoms with Gasteiger partial charge in [0.25, 0.3) is 0 Å². The molecule has 0 aromatic heterocycles. The number of nitrogens with zero attached hydrogens (tertiary/aromatic N) is 1. The van der Waals surface area contributed by atoms with Crippen molar-refractivity contribution < 1.29 is 5.11 Å². The van der Waals surface area contributed by atoms with Crippen LogP contribution in [-0.4, -0.2) is 29.6 Å². The van der Waals surface area contributed by atoms with Gasteiger partial charge in [0.15, 0.2) is 0 Å². The van der Waals surface area contributed by atoms with E-state index in [2.05, 4.69) is 37.9 Å². The van der Waals surface area contributed by atoms with Crippen molar-refractivity contribution in [2.45, 2.75) is 57.4 Å². The molecule has 1 aromatic carbocycles.